The predicted octanol–water partition coefficient (Wildman–Crippen LogP) is 2.06. The molecular formula is C10H5F5O4. The quantitative estimate of drug-likeness (QED) is 0.343. The monoisotopic (exact) mass is 284 g/mol. The lowest BCUT2D eigenvalue weighted by molar-refractivity contribution is -0.160. The van der Waals surface area contributed by atoms with E-state index in [4.69, 9.17) is 0 Å². The van der Waals surface area contributed by atoms with Crippen molar-refractivity contribution in [3.05, 3.63) is 29.3 Å². The highest BCUT2D eigenvalue weighted by Gasteiger charge is 2.38. The molecule has 19 heavy (non-hydrogen) atoms. The third-order valence-corrected chi connectivity index (χ3v) is 1.86. The van der Waals surface area contributed by atoms with Gasteiger partial charge in [-0.1, -0.05) is 0 Å². The van der Waals surface area contributed by atoms with E-state index in [1.165, 1.54) is 0 Å². The summed E-state index contributed by atoms with van der Waals surface area (Å²) in [4.78, 5) is 21.5. The zero-order valence-electron chi connectivity index (χ0n) is 9.18. The van der Waals surface area contributed by atoms with Crippen LogP contribution in [0.4, 0.5) is 22.0 Å². The Morgan fingerprint density at radius 3 is 1.89 bits per heavy atom. The van der Waals surface area contributed by atoms with Crippen molar-refractivity contribution in [2.24, 2.45) is 0 Å². The Bertz CT molecular complexity index is 500. The first-order chi connectivity index (χ1) is 8.66. The highest BCUT2D eigenvalue weighted by Crippen LogP contribution is 2.35. The maximum absolute atomic E-state index is 13.1. The number of alkyl halides is 3. The average Bonchev–Trinajstić information content (AvgIpc) is 2.24. The van der Waals surface area contributed by atoms with Crippen LogP contribution in [0.15, 0.2) is 12.1 Å². The van der Waals surface area contributed by atoms with Crippen molar-refractivity contribution >= 4 is 11.9 Å². The summed E-state index contributed by atoms with van der Waals surface area (Å²) in [5.41, 5.74) is -2.12. The molecule has 1 aromatic carbocycles. The molecule has 0 aliphatic heterocycles. The van der Waals surface area contributed by atoms with Gasteiger partial charge in [-0.2, -0.15) is 13.2 Å². The molecule has 0 bridgehead atoms. The fourth-order valence-corrected chi connectivity index (χ4v) is 1.11. The second-order valence-corrected chi connectivity index (χ2v) is 3.14. The number of ether oxygens (including phenoxy) is 2. The largest absolute Gasteiger partial charge is 0.461 e. The molecule has 0 amide bonds. The van der Waals surface area contributed by atoms with E-state index in [-0.39, 0.29) is 12.1 Å². The standard InChI is InChI=1S/C10H5F5O4/c1-18-8(16)9(17)19-4-2-5(11)7(6(12)3-4)10(13,14)15/h2-3H,1H3. The van der Waals surface area contributed by atoms with E-state index in [2.05, 4.69) is 9.47 Å². The Kier molecular flexibility index (Phi) is 4.07. The van der Waals surface area contributed by atoms with Crippen LogP contribution in [0.25, 0.3) is 0 Å². The van der Waals surface area contributed by atoms with Gasteiger partial charge in [-0.15, -0.1) is 0 Å². The third-order valence-electron chi connectivity index (χ3n) is 1.86. The van der Waals surface area contributed by atoms with Crippen LogP contribution in [0, 0.1) is 11.6 Å². The lowest BCUT2D eigenvalue weighted by atomic mass is 10.2. The van der Waals surface area contributed by atoms with Gasteiger partial charge in [0, 0.05) is 12.1 Å². The fourth-order valence-electron chi connectivity index (χ4n) is 1.11. The van der Waals surface area contributed by atoms with Crippen LogP contribution in [-0.4, -0.2) is 19.0 Å². The third kappa shape index (κ3) is 3.39. The van der Waals surface area contributed by atoms with Gasteiger partial charge in [0.05, 0.1) is 7.11 Å². The summed E-state index contributed by atoms with van der Waals surface area (Å²) in [5, 5.41) is 0. The molecule has 104 valence electrons. The van der Waals surface area contributed by atoms with Gasteiger partial charge in [0.15, 0.2) is 0 Å². The van der Waals surface area contributed by atoms with Crippen molar-refractivity contribution in [3.8, 4) is 5.75 Å². The van der Waals surface area contributed by atoms with Crippen LogP contribution >= 0.6 is 0 Å². The number of benzene rings is 1. The molecule has 0 aliphatic rings. The van der Waals surface area contributed by atoms with E-state index in [0.717, 1.165) is 7.11 Å². The number of carbonyl (C=O) groups excluding carboxylic acids is 2. The molecule has 0 saturated carbocycles. The smallest absolute Gasteiger partial charge is 0.422 e. The Labute approximate surface area is 102 Å². The van der Waals surface area contributed by atoms with Crippen molar-refractivity contribution in [1.82, 2.24) is 0 Å². The van der Waals surface area contributed by atoms with Gasteiger partial charge in [0.25, 0.3) is 0 Å². The minimum absolute atomic E-state index is 0.132. The molecule has 0 N–H and O–H groups in total. The van der Waals surface area contributed by atoms with Crippen LogP contribution in [0.1, 0.15) is 5.56 Å². The Morgan fingerprint density at radius 2 is 1.53 bits per heavy atom. The van der Waals surface area contributed by atoms with E-state index in [9.17, 15) is 31.5 Å². The summed E-state index contributed by atoms with van der Waals surface area (Å²) in [6.07, 6.45) is -5.24. The Balaban J connectivity index is 3.09. The van der Waals surface area contributed by atoms with Crippen LogP contribution in [-0.2, 0) is 20.5 Å². The summed E-state index contributed by atoms with van der Waals surface area (Å²) in [6, 6.07) is 0.263. The maximum atomic E-state index is 13.1. The predicted molar refractivity (Wildman–Crippen MR) is 49.0 cm³/mol. The van der Waals surface area contributed by atoms with Crippen molar-refractivity contribution < 1.29 is 41.0 Å². The minimum atomic E-state index is -5.24. The maximum Gasteiger partial charge on any atom is 0.422 e. The molecule has 0 aromatic heterocycles. The zero-order chi connectivity index (χ0) is 14.8. The number of rotatable bonds is 1. The normalized spacial score (nSPS) is 11.1. The second-order valence-electron chi connectivity index (χ2n) is 3.14. The first-order valence-corrected chi connectivity index (χ1v) is 4.53. The summed E-state index contributed by atoms with van der Waals surface area (Å²) >= 11 is 0. The summed E-state index contributed by atoms with van der Waals surface area (Å²) in [5.74, 6) is -7.93. The molecule has 4 nitrogen and oxygen atoms in total. The van der Waals surface area contributed by atoms with E-state index in [0.29, 0.717) is 0 Å². The van der Waals surface area contributed by atoms with Crippen molar-refractivity contribution in [3.63, 3.8) is 0 Å². The lowest BCUT2D eigenvalue weighted by Gasteiger charge is -2.10. The first-order valence-electron chi connectivity index (χ1n) is 4.53. The Morgan fingerprint density at radius 1 is 1.05 bits per heavy atom. The molecule has 0 unspecified atom stereocenters. The summed E-state index contributed by atoms with van der Waals surface area (Å²) < 4.78 is 70.9. The van der Waals surface area contributed by atoms with E-state index in [1.807, 2.05) is 0 Å². The van der Waals surface area contributed by atoms with Gasteiger partial charge in [0.2, 0.25) is 0 Å². The number of esters is 2. The van der Waals surface area contributed by atoms with Crippen molar-refractivity contribution in [2.45, 2.75) is 6.18 Å². The SMILES string of the molecule is COC(=O)C(=O)Oc1cc(F)c(C(F)(F)F)c(F)c1. The van der Waals surface area contributed by atoms with Gasteiger partial charge in [-0.05, 0) is 0 Å². The van der Waals surface area contributed by atoms with Crippen molar-refractivity contribution in [1.29, 1.82) is 0 Å². The fraction of sp³-hybridized carbons (Fsp3) is 0.200. The molecule has 0 atom stereocenters. The Hall–Kier alpha value is -2.19. The second kappa shape index (κ2) is 5.21. The molecule has 0 heterocycles. The molecule has 1 aromatic rings. The van der Waals surface area contributed by atoms with Crippen molar-refractivity contribution in [2.75, 3.05) is 7.11 Å². The number of hydrogen-bond donors (Lipinski definition) is 0. The van der Waals surface area contributed by atoms with Crippen LogP contribution in [0.2, 0.25) is 0 Å². The molecule has 0 aliphatic carbocycles. The van der Waals surface area contributed by atoms with Gasteiger partial charge < -0.3 is 9.47 Å². The van der Waals surface area contributed by atoms with Gasteiger partial charge in [0.1, 0.15) is 22.9 Å². The molecule has 1 rings (SSSR count). The van der Waals surface area contributed by atoms with E-state index >= 15 is 0 Å². The van der Waals surface area contributed by atoms with Gasteiger partial charge in [-0.25, -0.2) is 18.4 Å². The average molecular weight is 284 g/mol. The summed E-state index contributed by atoms with van der Waals surface area (Å²) in [6.45, 7) is 0. The van der Waals surface area contributed by atoms with Crippen LogP contribution in [0.5, 0.6) is 5.75 Å². The van der Waals surface area contributed by atoms with Gasteiger partial charge in [-0.3, -0.25) is 0 Å². The molecule has 0 spiro atoms. The molecular weight excluding hydrogens is 279 g/mol. The molecule has 0 fully saturated rings. The van der Waals surface area contributed by atoms with Crippen LogP contribution in [0.3, 0.4) is 0 Å². The van der Waals surface area contributed by atoms with E-state index in [1.54, 1.807) is 0 Å². The van der Waals surface area contributed by atoms with Gasteiger partial charge >= 0.3 is 18.1 Å². The highest BCUT2D eigenvalue weighted by molar-refractivity contribution is 6.30. The van der Waals surface area contributed by atoms with E-state index < -0.39 is 41.1 Å². The number of methoxy groups -OCH3 is 1. The molecule has 0 radical (unpaired) electrons. The topological polar surface area (TPSA) is 52.6 Å². The number of carbonyl (C=O) groups is 2. The number of hydrogen-bond acceptors (Lipinski definition) is 4. The lowest BCUT2D eigenvalue weighted by Crippen LogP contribution is -2.22. The molecule has 0 saturated heterocycles. The minimum Gasteiger partial charge on any atom is -0.461 e. The molecule has 9 heteroatoms. The number of halogens is 5. The summed E-state index contributed by atoms with van der Waals surface area (Å²) in [7, 11) is 0.845. The first kappa shape index (κ1) is 14.9. The highest BCUT2D eigenvalue weighted by atomic mass is 19.4. The zero-order valence-corrected chi connectivity index (χ0v) is 9.18. The van der Waals surface area contributed by atoms with Crippen LogP contribution < -0.4 is 4.74 Å².